The second-order valence-corrected chi connectivity index (χ2v) is 4.37. The molecule has 0 spiro atoms. The van der Waals surface area contributed by atoms with Crippen LogP contribution in [0.5, 0.6) is 11.5 Å². The maximum atomic E-state index is 11.3. The Morgan fingerprint density at radius 3 is 2.65 bits per heavy atom. The van der Waals surface area contributed by atoms with E-state index in [1.54, 1.807) is 0 Å². The molecule has 1 heterocycles. The van der Waals surface area contributed by atoms with E-state index >= 15 is 0 Å². The van der Waals surface area contributed by atoms with E-state index in [4.69, 9.17) is 16.3 Å². The summed E-state index contributed by atoms with van der Waals surface area (Å²) >= 11 is 5.76. The summed E-state index contributed by atoms with van der Waals surface area (Å²) in [5.41, 5.74) is -0.267. The summed E-state index contributed by atoms with van der Waals surface area (Å²) in [5.74, 6) is 0.195. The molecule has 7 heteroatoms. The van der Waals surface area contributed by atoms with Gasteiger partial charge in [0.2, 0.25) is 0 Å². The number of hydrogen-bond acceptors (Lipinski definition) is 5. The van der Waals surface area contributed by atoms with Gasteiger partial charge in [-0.25, -0.2) is 0 Å². The van der Waals surface area contributed by atoms with Gasteiger partial charge in [0.1, 0.15) is 11.5 Å². The monoisotopic (exact) mass is 292 g/mol. The molecule has 6 nitrogen and oxygen atoms in total. The summed E-state index contributed by atoms with van der Waals surface area (Å²) in [6.45, 7) is 1.27. The summed E-state index contributed by atoms with van der Waals surface area (Å²) in [6.07, 6.45) is 2.87. The molecule has 0 radical (unpaired) electrons. The van der Waals surface area contributed by atoms with Crippen molar-refractivity contribution < 1.29 is 14.5 Å². The minimum Gasteiger partial charge on any atom is -0.455 e. The predicted molar refractivity (Wildman–Crippen MR) is 72.4 cm³/mol. The number of ether oxygens (including phenoxy) is 1. The number of Topliss-reactive ketones (excluding diaryl/α,β-unsaturated/α-hetero) is 1. The quantitative estimate of drug-likeness (QED) is 0.488. The van der Waals surface area contributed by atoms with Gasteiger partial charge in [0.15, 0.2) is 5.78 Å². The first-order valence-corrected chi connectivity index (χ1v) is 5.93. The highest BCUT2D eigenvalue weighted by Gasteiger charge is 2.18. The average molecular weight is 293 g/mol. The second-order valence-electron chi connectivity index (χ2n) is 3.93. The van der Waals surface area contributed by atoms with Crippen molar-refractivity contribution in [1.82, 2.24) is 4.98 Å². The largest absolute Gasteiger partial charge is 0.455 e. The summed E-state index contributed by atoms with van der Waals surface area (Å²) in [4.78, 5) is 25.5. The standard InChI is InChI=1S/C13H9ClN2O4/c1-8(17)12-3-2-10(5-13(12)16(18)19)20-11-4-9(14)6-15-7-11/h2-7H,1H3. The third-order valence-electron chi connectivity index (χ3n) is 2.46. The molecule has 0 N–H and O–H groups in total. The molecule has 0 aliphatic carbocycles. The maximum absolute atomic E-state index is 11.3. The van der Waals surface area contributed by atoms with Gasteiger partial charge in [0.05, 0.1) is 27.8 Å². The minimum absolute atomic E-state index is 0.0339. The van der Waals surface area contributed by atoms with Crippen LogP contribution in [0.1, 0.15) is 17.3 Å². The highest BCUT2D eigenvalue weighted by Crippen LogP contribution is 2.29. The van der Waals surface area contributed by atoms with Crippen LogP contribution in [0.25, 0.3) is 0 Å². The molecular weight excluding hydrogens is 284 g/mol. The molecule has 0 aliphatic heterocycles. The van der Waals surface area contributed by atoms with Crippen LogP contribution < -0.4 is 4.74 Å². The second kappa shape index (κ2) is 5.66. The number of nitrogens with zero attached hydrogens (tertiary/aromatic N) is 2. The molecule has 0 bridgehead atoms. The summed E-state index contributed by atoms with van der Waals surface area (Å²) in [5, 5.41) is 11.3. The van der Waals surface area contributed by atoms with E-state index in [0.717, 1.165) is 0 Å². The number of pyridine rings is 1. The number of nitro groups is 1. The highest BCUT2D eigenvalue weighted by molar-refractivity contribution is 6.30. The number of carbonyl (C=O) groups excluding carboxylic acids is 1. The van der Waals surface area contributed by atoms with Crippen LogP contribution in [-0.4, -0.2) is 15.7 Å². The lowest BCUT2D eigenvalue weighted by molar-refractivity contribution is -0.385. The first kappa shape index (κ1) is 14.0. The molecule has 1 aromatic heterocycles. The molecule has 20 heavy (non-hydrogen) atoms. The molecular formula is C13H9ClN2O4. The summed E-state index contributed by atoms with van der Waals surface area (Å²) < 4.78 is 5.42. The van der Waals surface area contributed by atoms with Crippen molar-refractivity contribution in [3.63, 3.8) is 0 Å². The Hall–Kier alpha value is -2.47. The number of benzene rings is 1. The van der Waals surface area contributed by atoms with Crippen LogP contribution >= 0.6 is 11.6 Å². The number of aromatic nitrogens is 1. The zero-order valence-electron chi connectivity index (χ0n) is 10.4. The van der Waals surface area contributed by atoms with Gasteiger partial charge in [-0.1, -0.05) is 11.6 Å². The molecule has 2 rings (SSSR count). The molecule has 0 unspecified atom stereocenters. The number of carbonyl (C=O) groups is 1. The Balaban J connectivity index is 2.36. The van der Waals surface area contributed by atoms with Crippen LogP contribution in [0.3, 0.4) is 0 Å². The lowest BCUT2D eigenvalue weighted by Crippen LogP contribution is -2.00. The van der Waals surface area contributed by atoms with Crippen molar-refractivity contribution in [3.05, 3.63) is 57.4 Å². The molecule has 0 aliphatic rings. The summed E-state index contributed by atoms with van der Waals surface area (Å²) in [6, 6.07) is 5.55. The van der Waals surface area contributed by atoms with E-state index in [9.17, 15) is 14.9 Å². The smallest absolute Gasteiger partial charge is 0.283 e. The molecule has 2 aromatic rings. The van der Waals surface area contributed by atoms with Crippen LogP contribution in [0, 0.1) is 10.1 Å². The number of hydrogen-bond donors (Lipinski definition) is 0. The Kier molecular flexibility index (Phi) is 3.95. The molecule has 0 saturated heterocycles. The Morgan fingerprint density at radius 2 is 2.05 bits per heavy atom. The number of nitro benzene ring substituents is 1. The van der Waals surface area contributed by atoms with Gasteiger partial charge < -0.3 is 4.74 Å². The van der Waals surface area contributed by atoms with Crippen molar-refractivity contribution in [2.45, 2.75) is 6.92 Å². The van der Waals surface area contributed by atoms with Crippen molar-refractivity contribution in [3.8, 4) is 11.5 Å². The molecule has 0 atom stereocenters. The normalized spacial score (nSPS) is 10.1. The van der Waals surface area contributed by atoms with E-state index in [1.807, 2.05) is 0 Å². The van der Waals surface area contributed by atoms with E-state index in [1.165, 1.54) is 43.6 Å². The SMILES string of the molecule is CC(=O)c1ccc(Oc2cncc(Cl)c2)cc1[N+](=O)[O-]. The topological polar surface area (TPSA) is 82.3 Å². The first-order valence-electron chi connectivity index (χ1n) is 5.55. The Bertz CT molecular complexity index is 688. The van der Waals surface area contributed by atoms with E-state index in [2.05, 4.69) is 4.98 Å². The van der Waals surface area contributed by atoms with Gasteiger partial charge in [-0.15, -0.1) is 0 Å². The van der Waals surface area contributed by atoms with Crippen molar-refractivity contribution >= 4 is 23.1 Å². The van der Waals surface area contributed by atoms with Gasteiger partial charge in [-0.3, -0.25) is 19.9 Å². The van der Waals surface area contributed by atoms with Gasteiger partial charge >= 0.3 is 0 Å². The van der Waals surface area contributed by atoms with Gasteiger partial charge in [-0.05, 0) is 19.1 Å². The van der Waals surface area contributed by atoms with E-state index < -0.39 is 4.92 Å². The van der Waals surface area contributed by atoms with Gasteiger partial charge in [0, 0.05) is 12.3 Å². The fraction of sp³-hybridized carbons (Fsp3) is 0.0769. The van der Waals surface area contributed by atoms with Crippen LogP contribution in [0.2, 0.25) is 5.02 Å². The number of rotatable bonds is 4. The minimum atomic E-state index is -0.625. The molecule has 102 valence electrons. The van der Waals surface area contributed by atoms with Crippen LogP contribution in [-0.2, 0) is 0 Å². The molecule has 0 amide bonds. The maximum Gasteiger partial charge on any atom is 0.283 e. The van der Waals surface area contributed by atoms with Crippen LogP contribution in [0.15, 0.2) is 36.7 Å². The first-order chi connectivity index (χ1) is 9.47. The summed E-state index contributed by atoms with van der Waals surface area (Å²) in [7, 11) is 0. The highest BCUT2D eigenvalue weighted by atomic mass is 35.5. The van der Waals surface area contributed by atoms with Gasteiger partial charge in [0.25, 0.3) is 5.69 Å². The third-order valence-corrected chi connectivity index (χ3v) is 2.67. The third kappa shape index (κ3) is 3.10. The number of halogens is 1. The van der Waals surface area contributed by atoms with Crippen molar-refractivity contribution in [1.29, 1.82) is 0 Å². The fourth-order valence-corrected chi connectivity index (χ4v) is 1.77. The van der Waals surface area contributed by atoms with E-state index in [0.29, 0.717) is 10.8 Å². The Morgan fingerprint density at radius 1 is 1.30 bits per heavy atom. The Labute approximate surface area is 119 Å². The molecule has 0 fully saturated rings. The lowest BCUT2D eigenvalue weighted by Gasteiger charge is -2.06. The number of ketones is 1. The van der Waals surface area contributed by atoms with E-state index in [-0.39, 0.29) is 22.8 Å². The average Bonchev–Trinajstić information content (AvgIpc) is 2.38. The predicted octanol–water partition coefficient (Wildman–Crippen LogP) is 3.64. The van der Waals surface area contributed by atoms with Crippen molar-refractivity contribution in [2.75, 3.05) is 0 Å². The van der Waals surface area contributed by atoms with Gasteiger partial charge in [-0.2, -0.15) is 0 Å². The molecule has 0 saturated carbocycles. The lowest BCUT2D eigenvalue weighted by atomic mass is 10.1. The molecule has 1 aromatic carbocycles. The zero-order chi connectivity index (χ0) is 14.7. The fourth-order valence-electron chi connectivity index (χ4n) is 1.61. The van der Waals surface area contributed by atoms with Crippen molar-refractivity contribution in [2.24, 2.45) is 0 Å². The zero-order valence-corrected chi connectivity index (χ0v) is 11.1. The van der Waals surface area contributed by atoms with Crippen LogP contribution in [0.4, 0.5) is 5.69 Å².